The van der Waals surface area contributed by atoms with Crippen molar-refractivity contribution in [3.05, 3.63) is 66.0 Å². The lowest BCUT2D eigenvalue weighted by Crippen LogP contribution is -2.48. The monoisotopic (exact) mass is 392 g/mol. The zero-order valence-electron chi connectivity index (χ0n) is 15.3. The summed E-state index contributed by atoms with van der Waals surface area (Å²) in [5, 5.41) is 2.80. The summed E-state index contributed by atoms with van der Waals surface area (Å²) in [5.74, 6) is -0.899. The molecule has 2 N–H and O–H groups in total. The number of hydrogen-bond acceptors (Lipinski definition) is 3. The van der Waals surface area contributed by atoms with Gasteiger partial charge in [-0.3, -0.25) is 4.79 Å². The maximum absolute atomic E-state index is 13.1. The first kappa shape index (κ1) is 21.1. The van der Waals surface area contributed by atoms with E-state index in [1.54, 1.807) is 0 Å². The standard InChI is InChI=1S/C20H25FN2O3S/c1-2-3-7-14-22-20(24)19(15-16-8-5-4-6-9-16)23-27(25,26)18-12-10-17(21)11-13-18/h4-6,8-13,19,23H,2-3,7,14-15H2,1H3,(H,22,24). The molecule has 0 aliphatic rings. The summed E-state index contributed by atoms with van der Waals surface area (Å²) in [7, 11) is -3.95. The van der Waals surface area contributed by atoms with Gasteiger partial charge in [0, 0.05) is 6.54 Å². The molecule has 0 aliphatic carbocycles. The minimum atomic E-state index is -3.95. The average Bonchev–Trinajstić information content (AvgIpc) is 2.65. The highest BCUT2D eigenvalue weighted by molar-refractivity contribution is 7.89. The topological polar surface area (TPSA) is 75.3 Å². The van der Waals surface area contributed by atoms with Gasteiger partial charge in [0.1, 0.15) is 11.9 Å². The van der Waals surface area contributed by atoms with Crippen LogP contribution in [-0.4, -0.2) is 26.9 Å². The fourth-order valence-electron chi connectivity index (χ4n) is 2.62. The van der Waals surface area contributed by atoms with Crippen LogP contribution in [0.5, 0.6) is 0 Å². The van der Waals surface area contributed by atoms with E-state index >= 15 is 0 Å². The van der Waals surface area contributed by atoms with E-state index in [0.717, 1.165) is 37.0 Å². The fraction of sp³-hybridized carbons (Fsp3) is 0.350. The largest absolute Gasteiger partial charge is 0.355 e. The second-order valence-electron chi connectivity index (χ2n) is 6.32. The van der Waals surface area contributed by atoms with Crippen molar-refractivity contribution in [1.29, 1.82) is 0 Å². The number of sulfonamides is 1. The number of nitrogens with one attached hydrogen (secondary N) is 2. The minimum Gasteiger partial charge on any atom is -0.355 e. The molecule has 1 atom stereocenters. The molecule has 0 heterocycles. The van der Waals surface area contributed by atoms with E-state index in [4.69, 9.17) is 0 Å². The molecule has 7 heteroatoms. The summed E-state index contributed by atoms with van der Waals surface area (Å²) in [6.45, 7) is 2.56. The van der Waals surface area contributed by atoms with Crippen LogP contribution in [-0.2, 0) is 21.2 Å². The molecule has 0 fully saturated rings. The Balaban J connectivity index is 2.15. The number of benzene rings is 2. The molecule has 0 saturated carbocycles. The molecule has 0 radical (unpaired) electrons. The van der Waals surface area contributed by atoms with Crippen LogP contribution in [0.3, 0.4) is 0 Å². The summed E-state index contributed by atoms with van der Waals surface area (Å²) >= 11 is 0. The van der Waals surface area contributed by atoms with E-state index in [0.29, 0.717) is 6.54 Å². The van der Waals surface area contributed by atoms with E-state index in [-0.39, 0.29) is 17.2 Å². The third-order valence-electron chi connectivity index (χ3n) is 4.10. The van der Waals surface area contributed by atoms with Gasteiger partial charge in [0.15, 0.2) is 0 Å². The number of amides is 1. The van der Waals surface area contributed by atoms with Crippen LogP contribution in [0, 0.1) is 5.82 Å². The van der Waals surface area contributed by atoms with Crippen LogP contribution in [0.1, 0.15) is 31.7 Å². The number of halogens is 1. The molecule has 1 amide bonds. The summed E-state index contributed by atoms with van der Waals surface area (Å²) < 4.78 is 40.8. The third-order valence-corrected chi connectivity index (χ3v) is 5.59. The van der Waals surface area contributed by atoms with E-state index in [1.807, 2.05) is 30.3 Å². The Labute approximate surface area is 160 Å². The predicted octanol–water partition coefficient (Wildman–Crippen LogP) is 3.02. The van der Waals surface area contributed by atoms with E-state index < -0.39 is 21.9 Å². The predicted molar refractivity (Wildman–Crippen MR) is 103 cm³/mol. The van der Waals surface area contributed by atoms with E-state index in [2.05, 4.69) is 17.0 Å². The molecule has 0 aromatic heterocycles. The average molecular weight is 392 g/mol. The van der Waals surface area contributed by atoms with Gasteiger partial charge in [-0.25, -0.2) is 12.8 Å². The van der Waals surface area contributed by atoms with Crippen molar-refractivity contribution in [1.82, 2.24) is 10.0 Å². The van der Waals surface area contributed by atoms with Crippen molar-refractivity contribution in [2.24, 2.45) is 0 Å². The lowest BCUT2D eigenvalue weighted by atomic mass is 10.1. The maximum atomic E-state index is 13.1. The third kappa shape index (κ3) is 6.77. The van der Waals surface area contributed by atoms with Gasteiger partial charge < -0.3 is 5.32 Å². The van der Waals surface area contributed by atoms with Gasteiger partial charge in [0.2, 0.25) is 15.9 Å². The number of hydrogen-bond donors (Lipinski definition) is 2. The number of carbonyl (C=O) groups is 1. The first-order chi connectivity index (χ1) is 12.9. The Bertz CT molecular complexity index is 824. The summed E-state index contributed by atoms with van der Waals surface area (Å²) in [6, 6.07) is 12.7. The Kier molecular flexibility index (Phi) is 7.94. The van der Waals surface area contributed by atoms with Crippen molar-refractivity contribution in [3.63, 3.8) is 0 Å². The molecule has 2 aromatic carbocycles. The fourth-order valence-corrected chi connectivity index (χ4v) is 3.81. The number of unbranched alkanes of at least 4 members (excludes halogenated alkanes) is 2. The molecule has 2 rings (SSSR count). The van der Waals surface area contributed by atoms with Crippen molar-refractivity contribution < 1.29 is 17.6 Å². The summed E-state index contributed by atoms with van der Waals surface area (Å²) in [4.78, 5) is 12.5. The molecule has 0 spiro atoms. The van der Waals surface area contributed by atoms with Crippen LogP contribution in [0.2, 0.25) is 0 Å². The Morgan fingerprint density at radius 2 is 1.70 bits per heavy atom. The molecule has 0 aliphatic heterocycles. The first-order valence-electron chi connectivity index (χ1n) is 9.02. The summed E-state index contributed by atoms with van der Waals surface area (Å²) in [5.41, 5.74) is 0.841. The van der Waals surface area contributed by atoms with Gasteiger partial charge in [-0.1, -0.05) is 50.1 Å². The van der Waals surface area contributed by atoms with Crippen molar-refractivity contribution in [2.75, 3.05) is 6.54 Å². The van der Waals surface area contributed by atoms with Gasteiger partial charge in [-0.05, 0) is 42.7 Å². The van der Waals surface area contributed by atoms with Crippen LogP contribution in [0.15, 0.2) is 59.5 Å². The highest BCUT2D eigenvalue weighted by Gasteiger charge is 2.26. The molecular formula is C20H25FN2O3S. The molecule has 2 aromatic rings. The van der Waals surface area contributed by atoms with Crippen LogP contribution in [0.4, 0.5) is 4.39 Å². The van der Waals surface area contributed by atoms with Gasteiger partial charge in [0.05, 0.1) is 4.90 Å². The quantitative estimate of drug-likeness (QED) is 0.611. The van der Waals surface area contributed by atoms with Gasteiger partial charge >= 0.3 is 0 Å². The number of rotatable bonds is 10. The molecule has 0 saturated heterocycles. The summed E-state index contributed by atoms with van der Waals surface area (Å²) in [6.07, 6.45) is 3.08. The highest BCUT2D eigenvalue weighted by atomic mass is 32.2. The lowest BCUT2D eigenvalue weighted by molar-refractivity contribution is -0.122. The second-order valence-corrected chi connectivity index (χ2v) is 8.03. The van der Waals surface area contributed by atoms with Gasteiger partial charge in [-0.2, -0.15) is 4.72 Å². The zero-order chi connectivity index (χ0) is 19.7. The SMILES string of the molecule is CCCCCNC(=O)C(Cc1ccccc1)NS(=O)(=O)c1ccc(F)cc1. The minimum absolute atomic E-state index is 0.0826. The normalized spacial score (nSPS) is 12.5. The Hall–Kier alpha value is -2.25. The van der Waals surface area contributed by atoms with Gasteiger partial charge in [0.25, 0.3) is 0 Å². The van der Waals surface area contributed by atoms with E-state index in [1.165, 1.54) is 12.1 Å². The Morgan fingerprint density at radius 1 is 1.04 bits per heavy atom. The molecule has 5 nitrogen and oxygen atoms in total. The molecular weight excluding hydrogens is 367 g/mol. The molecule has 27 heavy (non-hydrogen) atoms. The molecule has 146 valence electrons. The van der Waals surface area contributed by atoms with Crippen LogP contribution >= 0.6 is 0 Å². The second kappa shape index (κ2) is 10.2. The van der Waals surface area contributed by atoms with Gasteiger partial charge in [-0.15, -0.1) is 0 Å². The van der Waals surface area contributed by atoms with E-state index in [9.17, 15) is 17.6 Å². The smallest absolute Gasteiger partial charge is 0.241 e. The molecule has 1 unspecified atom stereocenters. The molecule has 0 bridgehead atoms. The highest BCUT2D eigenvalue weighted by Crippen LogP contribution is 2.12. The zero-order valence-corrected chi connectivity index (χ0v) is 16.1. The lowest BCUT2D eigenvalue weighted by Gasteiger charge is -2.19. The van der Waals surface area contributed by atoms with Crippen molar-refractivity contribution in [2.45, 2.75) is 43.5 Å². The maximum Gasteiger partial charge on any atom is 0.241 e. The van der Waals surface area contributed by atoms with Crippen molar-refractivity contribution in [3.8, 4) is 0 Å². The first-order valence-corrected chi connectivity index (χ1v) is 10.5. The van der Waals surface area contributed by atoms with Crippen molar-refractivity contribution >= 4 is 15.9 Å². The van der Waals surface area contributed by atoms with Crippen LogP contribution < -0.4 is 10.0 Å². The number of carbonyl (C=O) groups excluding carboxylic acids is 1. The van der Waals surface area contributed by atoms with Crippen LogP contribution in [0.25, 0.3) is 0 Å². The Morgan fingerprint density at radius 3 is 2.33 bits per heavy atom.